The molecule has 0 aromatic carbocycles. The topological polar surface area (TPSA) is 55.4 Å². The highest BCUT2D eigenvalue weighted by atomic mass is 16.5. The molecule has 3 aliphatic rings. The van der Waals surface area contributed by atoms with E-state index in [1.54, 1.807) is 0 Å². The first-order valence-corrected chi connectivity index (χ1v) is 5.42. The number of allylic oxidation sites excluding steroid dienone is 1. The third kappa shape index (κ3) is 1.24. The molecule has 2 aliphatic heterocycles. The monoisotopic (exact) mass is 207 g/mol. The zero-order valence-electron chi connectivity index (χ0n) is 8.36. The summed E-state index contributed by atoms with van der Waals surface area (Å²) in [4.78, 5) is 23.1. The molecule has 15 heavy (non-hydrogen) atoms. The van der Waals surface area contributed by atoms with Gasteiger partial charge in [-0.2, -0.15) is 0 Å². The van der Waals surface area contributed by atoms with Crippen LogP contribution in [-0.4, -0.2) is 24.5 Å². The first-order chi connectivity index (χ1) is 7.27. The molecule has 0 bridgehead atoms. The predicted molar refractivity (Wildman–Crippen MR) is 51.8 cm³/mol. The van der Waals surface area contributed by atoms with E-state index in [2.05, 4.69) is 11.4 Å². The average Bonchev–Trinajstić information content (AvgIpc) is 2.55. The van der Waals surface area contributed by atoms with E-state index in [1.165, 1.54) is 5.57 Å². The number of carbonyl (C=O) groups is 2. The van der Waals surface area contributed by atoms with Gasteiger partial charge in [0.1, 0.15) is 0 Å². The molecule has 0 aromatic rings. The fraction of sp³-hybridized carbons (Fsp3) is 0.636. The summed E-state index contributed by atoms with van der Waals surface area (Å²) in [5.74, 6) is -0.737. The molecular formula is C11H13NO3. The SMILES string of the molecule is O=C1NC(=O)[C@H]2CC=C3CCCO[C@H]3[C@@H]12. The van der Waals surface area contributed by atoms with Crippen molar-refractivity contribution in [1.29, 1.82) is 0 Å². The molecule has 2 heterocycles. The molecule has 3 atom stereocenters. The maximum Gasteiger partial charge on any atom is 0.233 e. The number of ether oxygens (including phenoxy) is 1. The Morgan fingerprint density at radius 1 is 1.33 bits per heavy atom. The summed E-state index contributed by atoms with van der Waals surface area (Å²) in [6.07, 6.45) is 4.68. The Morgan fingerprint density at radius 2 is 2.20 bits per heavy atom. The number of carbonyl (C=O) groups excluding carboxylic acids is 2. The van der Waals surface area contributed by atoms with Crippen LogP contribution in [0.15, 0.2) is 11.6 Å². The fourth-order valence-electron chi connectivity index (χ4n) is 2.81. The highest BCUT2D eigenvalue weighted by Gasteiger charge is 2.49. The lowest BCUT2D eigenvalue weighted by Gasteiger charge is -2.34. The third-order valence-corrected chi connectivity index (χ3v) is 3.55. The second-order valence-electron chi connectivity index (χ2n) is 4.40. The van der Waals surface area contributed by atoms with Gasteiger partial charge < -0.3 is 4.74 Å². The van der Waals surface area contributed by atoms with Crippen LogP contribution in [0.25, 0.3) is 0 Å². The molecule has 0 radical (unpaired) electrons. The minimum atomic E-state index is -0.266. The molecular weight excluding hydrogens is 194 g/mol. The van der Waals surface area contributed by atoms with E-state index in [0.717, 1.165) is 12.8 Å². The lowest BCUT2D eigenvalue weighted by Crippen LogP contribution is -2.39. The van der Waals surface area contributed by atoms with E-state index in [0.29, 0.717) is 13.0 Å². The van der Waals surface area contributed by atoms with Gasteiger partial charge in [0.2, 0.25) is 11.8 Å². The summed E-state index contributed by atoms with van der Waals surface area (Å²) in [6, 6.07) is 0. The Morgan fingerprint density at radius 3 is 3.07 bits per heavy atom. The number of hydrogen-bond donors (Lipinski definition) is 1. The highest BCUT2D eigenvalue weighted by Crippen LogP contribution is 2.39. The van der Waals surface area contributed by atoms with Crippen molar-refractivity contribution in [2.75, 3.05) is 6.61 Å². The lowest BCUT2D eigenvalue weighted by molar-refractivity contribution is -0.128. The van der Waals surface area contributed by atoms with E-state index in [1.807, 2.05) is 0 Å². The molecule has 4 nitrogen and oxygen atoms in total. The van der Waals surface area contributed by atoms with E-state index in [4.69, 9.17) is 4.74 Å². The van der Waals surface area contributed by atoms with Crippen molar-refractivity contribution in [2.24, 2.45) is 11.8 Å². The van der Waals surface area contributed by atoms with E-state index in [9.17, 15) is 9.59 Å². The molecule has 1 N–H and O–H groups in total. The number of hydrogen-bond acceptors (Lipinski definition) is 3. The average molecular weight is 207 g/mol. The molecule has 0 spiro atoms. The Balaban J connectivity index is 1.96. The third-order valence-electron chi connectivity index (χ3n) is 3.55. The number of rotatable bonds is 0. The van der Waals surface area contributed by atoms with Crippen LogP contribution >= 0.6 is 0 Å². The summed E-state index contributed by atoms with van der Waals surface area (Å²) >= 11 is 0. The summed E-state index contributed by atoms with van der Waals surface area (Å²) in [5, 5.41) is 2.40. The van der Waals surface area contributed by atoms with Crippen molar-refractivity contribution in [3.63, 3.8) is 0 Å². The molecule has 0 saturated carbocycles. The Bertz CT molecular complexity index is 361. The smallest absolute Gasteiger partial charge is 0.233 e. The maximum atomic E-state index is 11.6. The summed E-state index contributed by atoms with van der Waals surface area (Å²) in [6.45, 7) is 0.701. The van der Waals surface area contributed by atoms with E-state index < -0.39 is 0 Å². The molecule has 2 saturated heterocycles. The minimum absolute atomic E-state index is 0.130. The molecule has 2 amide bonds. The van der Waals surface area contributed by atoms with Crippen LogP contribution in [0.1, 0.15) is 19.3 Å². The van der Waals surface area contributed by atoms with Gasteiger partial charge in [0.05, 0.1) is 17.9 Å². The van der Waals surface area contributed by atoms with E-state index >= 15 is 0 Å². The molecule has 1 aliphatic carbocycles. The summed E-state index contributed by atoms with van der Waals surface area (Å²) < 4.78 is 5.63. The molecule has 0 unspecified atom stereocenters. The van der Waals surface area contributed by atoms with Gasteiger partial charge >= 0.3 is 0 Å². The van der Waals surface area contributed by atoms with Crippen LogP contribution < -0.4 is 5.32 Å². The van der Waals surface area contributed by atoms with Gasteiger partial charge in [0, 0.05) is 6.61 Å². The predicted octanol–water partition coefficient (Wildman–Crippen LogP) is 0.384. The standard InChI is InChI=1S/C11H13NO3/c13-10-7-4-3-6-2-1-5-15-9(6)8(7)11(14)12-10/h3,7-9H,1-2,4-5H2,(H,12,13,14)/t7-,8-,9+/m0/s1. The molecule has 0 aromatic heterocycles. The van der Waals surface area contributed by atoms with Crippen molar-refractivity contribution in [3.05, 3.63) is 11.6 Å². The van der Waals surface area contributed by atoms with Gasteiger partial charge in [0.15, 0.2) is 0 Å². The van der Waals surface area contributed by atoms with Crippen LogP contribution in [-0.2, 0) is 14.3 Å². The van der Waals surface area contributed by atoms with Gasteiger partial charge in [-0.25, -0.2) is 0 Å². The van der Waals surface area contributed by atoms with Crippen molar-refractivity contribution < 1.29 is 14.3 Å². The van der Waals surface area contributed by atoms with Gasteiger partial charge in [-0.05, 0) is 24.8 Å². The first kappa shape index (κ1) is 9.09. The summed E-state index contributed by atoms with van der Waals surface area (Å²) in [5.41, 5.74) is 1.22. The number of nitrogens with one attached hydrogen (secondary N) is 1. The van der Waals surface area contributed by atoms with Crippen molar-refractivity contribution in [3.8, 4) is 0 Å². The van der Waals surface area contributed by atoms with Crippen LogP contribution in [0.5, 0.6) is 0 Å². The van der Waals surface area contributed by atoms with Gasteiger partial charge in [-0.1, -0.05) is 6.08 Å². The van der Waals surface area contributed by atoms with Crippen LogP contribution in [0.2, 0.25) is 0 Å². The van der Waals surface area contributed by atoms with Gasteiger partial charge in [-0.3, -0.25) is 14.9 Å². The minimum Gasteiger partial charge on any atom is -0.373 e. The zero-order chi connectivity index (χ0) is 10.4. The maximum absolute atomic E-state index is 11.6. The Kier molecular flexibility index (Phi) is 1.92. The van der Waals surface area contributed by atoms with Crippen LogP contribution in [0.4, 0.5) is 0 Å². The number of fused-ring (bicyclic) bond motifs is 3. The normalized spacial score (nSPS) is 39.2. The molecule has 4 heteroatoms. The Hall–Kier alpha value is -1.16. The van der Waals surface area contributed by atoms with Gasteiger partial charge in [0.25, 0.3) is 0 Å². The van der Waals surface area contributed by atoms with Crippen molar-refractivity contribution >= 4 is 11.8 Å². The number of amides is 2. The lowest BCUT2D eigenvalue weighted by atomic mass is 9.77. The fourth-order valence-corrected chi connectivity index (χ4v) is 2.81. The van der Waals surface area contributed by atoms with Crippen LogP contribution in [0.3, 0.4) is 0 Å². The van der Waals surface area contributed by atoms with Crippen molar-refractivity contribution in [1.82, 2.24) is 5.32 Å². The van der Waals surface area contributed by atoms with Crippen molar-refractivity contribution in [2.45, 2.75) is 25.4 Å². The Labute approximate surface area is 87.7 Å². The van der Waals surface area contributed by atoms with E-state index in [-0.39, 0.29) is 29.8 Å². The zero-order valence-corrected chi connectivity index (χ0v) is 8.36. The first-order valence-electron chi connectivity index (χ1n) is 5.42. The van der Waals surface area contributed by atoms with Crippen LogP contribution in [0, 0.1) is 11.8 Å². The van der Waals surface area contributed by atoms with Gasteiger partial charge in [-0.15, -0.1) is 0 Å². The summed E-state index contributed by atoms with van der Waals surface area (Å²) in [7, 11) is 0. The molecule has 2 fully saturated rings. The quantitative estimate of drug-likeness (QED) is 0.461. The molecule has 80 valence electrons. The highest BCUT2D eigenvalue weighted by molar-refractivity contribution is 6.05. The number of imide groups is 1. The largest absolute Gasteiger partial charge is 0.373 e. The molecule has 3 rings (SSSR count). The second kappa shape index (κ2) is 3.17. The second-order valence-corrected chi connectivity index (χ2v) is 4.40.